The van der Waals surface area contributed by atoms with Gasteiger partial charge in [0.1, 0.15) is 0 Å². The van der Waals surface area contributed by atoms with Crippen LogP contribution in [0.1, 0.15) is 45.7 Å². The van der Waals surface area contributed by atoms with E-state index in [1.165, 1.54) is 5.69 Å². The average molecular weight is 209 g/mol. The summed E-state index contributed by atoms with van der Waals surface area (Å²) in [7, 11) is 0. The fourth-order valence-electron chi connectivity index (χ4n) is 1.44. The largest absolute Gasteiger partial charge is 0.314 e. The maximum atomic E-state index is 4.52. The molecule has 1 heterocycles. The second-order valence-electron chi connectivity index (χ2n) is 4.62. The maximum Gasteiger partial charge on any atom is 0.0649 e. The van der Waals surface area contributed by atoms with E-state index in [0.717, 1.165) is 19.5 Å². The summed E-state index contributed by atoms with van der Waals surface area (Å²) in [6, 6.07) is 2.69. The van der Waals surface area contributed by atoms with Crippen molar-refractivity contribution in [1.29, 1.82) is 0 Å². The molecule has 1 rings (SSSR count). The number of nitrogens with zero attached hydrogens (tertiary/aromatic N) is 2. The van der Waals surface area contributed by atoms with Crippen LogP contribution in [0.15, 0.2) is 12.3 Å². The predicted molar refractivity (Wildman–Crippen MR) is 64.1 cm³/mol. The molecular weight excluding hydrogens is 186 g/mol. The third-order valence-corrected chi connectivity index (χ3v) is 2.37. The molecule has 0 atom stereocenters. The molecule has 0 aliphatic rings. The first kappa shape index (κ1) is 12.2. The molecule has 0 saturated heterocycles. The number of aryl methyl sites for hydroxylation is 1. The van der Waals surface area contributed by atoms with Gasteiger partial charge in [0.25, 0.3) is 0 Å². The molecule has 0 saturated carbocycles. The molecule has 0 aromatic carbocycles. The summed E-state index contributed by atoms with van der Waals surface area (Å²) in [5.41, 5.74) is 1.19. The van der Waals surface area contributed by atoms with E-state index in [2.05, 4.69) is 50.4 Å². The molecule has 0 aliphatic carbocycles. The lowest BCUT2D eigenvalue weighted by atomic mass is 10.1. The van der Waals surface area contributed by atoms with Gasteiger partial charge in [-0.2, -0.15) is 5.10 Å². The van der Waals surface area contributed by atoms with Crippen molar-refractivity contribution in [2.75, 3.05) is 6.54 Å². The van der Waals surface area contributed by atoms with Gasteiger partial charge in [-0.25, -0.2) is 0 Å². The van der Waals surface area contributed by atoms with Crippen molar-refractivity contribution in [1.82, 2.24) is 15.1 Å². The first-order valence-corrected chi connectivity index (χ1v) is 5.86. The van der Waals surface area contributed by atoms with Gasteiger partial charge in [0.15, 0.2) is 0 Å². The molecule has 0 spiro atoms. The number of nitrogens with one attached hydrogen (secondary N) is 1. The Labute approximate surface area is 92.9 Å². The number of rotatable bonds is 6. The Morgan fingerprint density at radius 3 is 2.60 bits per heavy atom. The summed E-state index contributed by atoms with van der Waals surface area (Å²) in [5, 5.41) is 7.92. The van der Waals surface area contributed by atoms with Gasteiger partial charge in [-0.05, 0) is 24.9 Å². The van der Waals surface area contributed by atoms with Crippen LogP contribution < -0.4 is 5.32 Å². The van der Waals surface area contributed by atoms with Gasteiger partial charge < -0.3 is 5.32 Å². The highest BCUT2D eigenvalue weighted by atomic mass is 15.3. The molecule has 1 N–H and O–H groups in total. The van der Waals surface area contributed by atoms with Gasteiger partial charge in [-0.15, -0.1) is 0 Å². The Morgan fingerprint density at radius 1 is 1.33 bits per heavy atom. The second-order valence-corrected chi connectivity index (χ2v) is 4.62. The minimum atomic E-state index is 0.528. The highest BCUT2D eigenvalue weighted by Crippen LogP contribution is 2.10. The SMILES string of the molecule is CC(C)NCCCn1ccc(C(C)C)n1. The number of hydrogen-bond donors (Lipinski definition) is 1. The highest BCUT2D eigenvalue weighted by Gasteiger charge is 2.02. The first-order valence-electron chi connectivity index (χ1n) is 5.86. The molecular formula is C12H23N3. The van der Waals surface area contributed by atoms with Crippen molar-refractivity contribution in [2.45, 2.75) is 52.6 Å². The Kier molecular flexibility index (Phi) is 4.82. The van der Waals surface area contributed by atoms with Crippen LogP contribution in [0.5, 0.6) is 0 Å². The summed E-state index contributed by atoms with van der Waals surface area (Å²) < 4.78 is 2.04. The lowest BCUT2D eigenvalue weighted by Crippen LogP contribution is -2.24. The van der Waals surface area contributed by atoms with E-state index in [1.54, 1.807) is 0 Å². The molecule has 3 nitrogen and oxygen atoms in total. The molecule has 1 aromatic heterocycles. The Balaban J connectivity index is 2.26. The van der Waals surface area contributed by atoms with Crippen molar-refractivity contribution in [3.63, 3.8) is 0 Å². The normalized spacial score (nSPS) is 11.6. The number of aromatic nitrogens is 2. The lowest BCUT2D eigenvalue weighted by Gasteiger charge is -2.07. The van der Waals surface area contributed by atoms with Crippen LogP contribution in [0.25, 0.3) is 0 Å². The Morgan fingerprint density at radius 2 is 2.07 bits per heavy atom. The van der Waals surface area contributed by atoms with Crippen LogP contribution in [-0.4, -0.2) is 22.4 Å². The molecule has 0 amide bonds. The van der Waals surface area contributed by atoms with E-state index in [4.69, 9.17) is 0 Å². The standard InChI is InChI=1S/C12H23N3/c1-10(2)12-6-9-15(14-12)8-5-7-13-11(3)4/h6,9-11,13H,5,7-8H2,1-4H3. The van der Waals surface area contributed by atoms with Gasteiger partial charge in [-0.3, -0.25) is 4.68 Å². The molecule has 1 aromatic rings. The van der Waals surface area contributed by atoms with Gasteiger partial charge in [0, 0.05) is 18.8 Å². The fourth-order valence-corrected chi connectivity index (χ4v) is 1.44. The van der Waals surface area contributed by atoms with Gasteiger partial charge in [0.05, 0.1) is 5.69 Å². The van der Waals surface area contributed by atoms with Crippen molar-refractivity contribution in [3.05, 3.63) is 18.0 Å². The minimum Gasteiger partial charge on any atom is -0.314 e. The summed E-state index contributed by atoms with van der Waals surface area (Å²) in [6.45, 7) is 10.8. The topological polar surface area (TPSA) is 29.9 Å². The molecule has 0 aliphatic heterocycles. The first-order chi connectivity index (χ1) is 7.09. The zero-order valence-electron chi connectivity index (χ0n) is 10.3. The summed E-state index contributed by atoms with van der Waals surface area (Å²) in [4.78, 5) is 0. The molecule has 0 radical (unpaired) electrons. The van der Waals surface area contributed by atoms with Crippen LogP contribution in [0.3, 0.4) is 0 Å². The lowest BCUT2D eigenvalue weighted by molar-refractivity contribution is 0.509. The van der Waals surface area contributed by atoms with E-state index < -0.39 is 0 Å². The molecule has 0 fully saturated rings. The summed E-state index contributed by atoms with van der Waals surface area (Å²) in [5.74, 6) is 0.528. The number of hydrogen-bond acceptors (Lipinski definition) is 2. The van der Waals surface area contributed by atoms with Gasteiger partial charge in [0.2, 0.25) is 0 Å². The van der Waals surface area contributed by atoms with E-state index >= 15 is 0 Å². The van der Waals surface area contributed by atoms with Crippen LogP contribution in [-0.2, 0) is 6.54 Å². The van der Waals surface area contributed by atoms with Crippen LogP contribution in [0.2, 0.25) is 0 Å². The predicted octanol–water partition coefficient (Wildman–Crippen LogP) is 2.39. The zero-order chi connectivity index (χ0) is 11.3. The average Bonchev–Trinajstić information content (AvgIpc) is 2.60. The second kappa shape index (κ2) is 5.91. The van der Waals surface area contributed by atoms with E-state index in [9.17, 15) is 0 Å². The van der Waals surface area contributed by atoms with Crippen LogP contribution in [0.4, 0.5) is 0 Å². The smallest absolute Gasteiger partial charge is 0.0649 e. The van der Waals surface area contributed by atoms with E-state index in [1.807, 2.05) is 4.68 Å². The molecule has 86 valence electrons. The van der Waals surface area contributed by atoms with Crippen molar-refractivity contribution in [2.24, 2.45) is 0 Å². The van der Waals surface area contributed by atoms with Crippen LogP contribution in [0, 0.1) is 0 Å². The molecule has 0 bridgehead atoms. The molecule has 15 heavy (non-hydrogen) atoms. The van der Waals surface area contributed by atoms with Crippen molar-refractivity contribution >= 4 is 0 Å². The monoisotopic (exact) mass is 209 g/mol. The quantitative estimate of drug-likeness (QED) is 0.729. The zero-order valence-corrected chi connectivity index (χ0v) is 10.3. The highest BCUT2D eigenvalue weighted by molar-refractivity contribution is 5.03. The molecule has 3 heteroatoms. The van der Waals surface area contributed by atoms with Gasteiger partial charge >= 0.3 is 0 Å². The summed E-state index contributed by atoms with van der Waals surface area (Å²) in [6.07, 6.45) is 3.21. The van der Waals surface area contributed by atoms with Crippen molar-refractivity contribution < 1.29 is 0 Å². The third-order valence-electron chi connectivity index (χ3n) is 2.37. The van der Waals surface area contributed by atoms with Gasteiger partial charge in [-0.1, -0.05) is 27.7 Å². The van der Waals surface area contributed by atoms with Crippen LogP contribution >= 0.6 is 0 Å². The van der Waals surface area contributed by atoms with Crippen molar-refractivity contribution in [3.8, 4) is 0 Å². The Bertz CT molecular complexity index is 276. The van der Waals surface area contributed by atoms with E-state index in [0.29, 0.717) is 12.0 Å². The van der Waals surface area contributed by atoms with E-state index in [-0.39, 0.29) is 0 Å². The molecule has 0 unspecified atom stereocenters. The minimum absolute atomic E-state index is 0.528. The Hall–Kier alpha value is -0.830. The fraction of sp³-hybridized carbons (Fsp3) is 0.750. The maximum absolute atomic E-state index is 4.52. The third kappa shape index (κ3) is 4.47. The summed E-state index contributed by atoms with van der Waals surface area (Å²) >= 11 is 0.